The maximum absolute atomic E-state index is 11.8. The molecule has 88 valence electrons. The summed E-state index contributed by atoms with van der Waals surface area (Å²) in [5.74, 6) is 0.414. The van der Waals surface area contributed by atoms with E-state index in [1.807, 2.05) is 27.7 Å². The van der Waals surface area contributed by atoms with Crippen LogP contribution in [-0.4, -0.2) is 35.7 Å². The molecule has 4 nitrogen and oxygen atoms in total. The third-order valence-electron chi connectivity index (χ3n) is 2.85. The van der Waals surface area contributed by atoms with Crippen molar-refractivity contribution in [3.63, 3.8) is 0 Å². The molecule has 15 heavy (non-hydrogen) atoms. The monoisotopic (exact) mass is 214 g/mol. The highest BCUT2D eigenvalue weighted by Gasteiger charge is 2.35. The molecule has 1 rings (SSSR count). The molecule has 1 aliphatic rings. The van der Waals surface area contributed by atoms with E-state index in [1.165, 1.54) is 0 Å². The Morgan fingerprint density at radius 2 is 2.13 bits per heavy atom. The number of nitrogens with two attached hydrogens (primary N) is 1. The molecule has 0 spiro atoms. The number of hydrogen-bond donors (Lipinski definition) is 1. The van der Waals surface area contributed by atoms with E-state index in [0.29, 0.717) is 12.5 Å². The molecule has 0 radical (unpaired) electrons. The fraction of sp³-hybridized carbons (Fsp3) is 0.909. The summed E-state index contributed by atoms with van der Waals surface area (Å²) in [5.41, 5.74) is 5.22. The number of carbonyl (C=O) groups is 1. The fourth-order valence-corrected chi connectivity index (χ4v) is 1.90. The number of nitrogens with zero attached hydrogens (tertiary/aromatic N) is 1. The van der Waals surface area contributed by atoms with E-state index < -0.39 is 5.60 Å². The standard InChI is InChI=1S/C11H22N2O2/c1-8-9(7-12)5-6-13(8)10(14)15-11(2,3)4/h8-9H,5-7,12H2,1-4H3/t8?,9-/m0/s1. The maximum Gasteiger partial charge on any atom is 0.410 e. The highest BCUT2D eigenvalue weighted by atomic mass is 16.6. The Morgan fingerprint density at radius 3 is 2.53 bits per heavy atom. The van der Waals surface area contributed by atoms with Gasteiger partial charge in [0.2, 0.25) is 0 Å². The van der Waals surface area contributed by atoms with E-state index in [1.54, 1.807) is 4.90 Å². The summed E-state index contributed by atoms with van der Waals surface area (Å²) in [6, 6.07) is 0.199. The number of hydrogen-bond acceptors (Lipinski definition) is 3. The molecule has 0 aliphatic carbocycles. The molecule has 1 unspecified atom stereocenters. The first-order valence-electron chi connectivity index (χ1n) is 5.55. The van der Waals surface area contributed by atoms with Crippen molar-refractivity contribution in [2.75, 3.05) is 13.1 Å². The van der Waals surface area contributed by atoms with Gasteiger partial charge >= 0.3 is 6.09 Å². The average Bonchev–Trinajstić information content (AvgIpc) is 2.43. The molecule has 1 aliphatic heterocycles. The number of ether oxygens (including phenoxy) is 1. The van der Waals surface area contributed by atoms with Gasteiger partial charge in [-0.1, -0.05) is 0 Å². The summed E-state index contributed by atoms with van der Waals surface area (Å²) in [6.07, 6.45) is 0.766. The van der Waals surface area contributed by atoms with Gasteiger partial charge in [0.15, 0.2) is 0 Å². The highest BCUT2D eigenvalue weighted by molar-refractivity contribution is 5.69. The molecule has 0 aromatic carbocycles. The molecule has 0 aromatic rings. The molecule has 2 N–H and O–H groups in total. The summed E-state index contributed by atoms with van der Waals surface area (Å²) < 4.78 is 5.33. The van der Waals surface area contributed by atoms with E-state index >= 15 is 0 Å². The molecule has 0 aromatic heterocycles. The summed E-state index contributed by atoms with van der Waals surface area (Å²) in [6.45, 7) is 9.08. The van der Waals surface area contributed by atoms with Crippen LogP contribution in [0, 0.1) is 5.92 Å². The molecule has 1 amide bonds. The first-order chi connectivity index (χ1) is 6.85. The molecule has 1 saturated heterocycles. The van der Waals surface area contributed by atoms with E-state index in [4.69, 9.17) is 10.5 Å². The number of carbonyl (C=O) groups excluding carboxylic acids is 1. The van der Waals surface area contributed by atoms with Crippen molar-refractivity contribution in [1.29, 1.82) is 0 Å². The predicted octanol–water partition coefficient (Wildman–Crippen LogP) is 1.59. The quantitative estimate of drug-likeness (QED) is 0.721. The molecule has 0 bridgehead atoms. The van der Waals surface area contributed by atoms with Crippen molar-refractivity contribution < 1.29 is 9.53 Å². The zero-order valence-electron chi connectivity index (χ0n) is 10.1. The van der Waals surface area contributed by atoms with Crippen molar-refractivity contribution in [2.45, 2.75) is 45.8 Å². The lowest BCUT2D eigenvalue weighted by Gasteiger charge is -2.28. The lowest BCUT2D eigenvalue weighted by Crippen LogP contribution is -2.40. The first kappa shape index (κ1) is 12.3. The van der Waals surface area contributed by atoms with Crippen LogP contribution in [0.1, 0.15) is 34.1 Å². The van der Waals surface area contributed by atoms with E-state index in [-0.39, 0.29) is 12.1 Å². The van der Waals surface area contributed by atoms with Crippen molar-refractivity contribution in [3.8, 4) is 0 Å². The zero-order valence-corrected chi connectivity index (χ0v) is 10.1. The van der Waals surface area contributed by atoms with Gasteiger partial charge in [-0.15, -0.1) is 0 Å². The van der Waals surface area contributed by atoms with Gasteiger partial charge in [0.05, 0.1) is 0 Å². The number of rotatable bonds is 1. The van der Waals surface area contributed by atoms with Gasteiger partial charge in [-0.05, 0) is 46.6 Å². The van der Waals surface area contributed by atoms with Gasteiger partial charge in [-0.2, -0.15) is 0 Å². The van der Waals surface area contributed by atoms with Crippen molar-refractivity contribution in [3.05, 3.63) is 0 Å². The molecule has 4 heteroatoms. The van der Waals surface area contributed by atoms with Crippen molar-refractivity contribution in [2.24, 2.45) is 11.7 Å². The van der Waals surface area contributed by atoms with Gasteiger partial charge in [0, 0.05) is 12.6 Å². The molecular formula is C11H22N2O2. The molecular weight excluding hydrogens is 192 g/mol. The summed E-state index contributed by atoms with van der Waals surface area (Å²) in [5, 5.41) is 0. The van der Waals surface area contributed by atoms with E-state index in [9.17, 15) is 4.79 Å². The minimum absolute atomic E-state index is 0.199. The average molecular weight is 214 g/mol. The second-order valence-corrected chi connectivity index (χ2v) is 5.20. The van der Waals surface area contributed by atoms with Gasteiger partial charge in [-0.3, -0.25) is 0 Å². The van der Waals surface area contributed by atoms with Gasteiger partial charge in [-0.25, -0.2) is 4.79 Å². The van der Waals surface area contributed by atoms with Crippen LogP contribution >= 0.6 is 0 Å². The van der Waals surface area contributed by atoms with Crippen LogP contribution in [-0.2, 0) is 4.74 Å². The Hall–Kier alpha value is -0.770. The van der Waals surface area contributed by atoms with Crippen LogP contribution in [0.2, 0.25) is 0 Å². The maximum atomic E-state index is 11.8. The first-order valence-corrected chi connectivity index (χ1v) is 5.55. The smallest absolute Gasteiger partial charge is 0.410 e. The van der Waals surface area contributed by atoms with Gasteiger partial charge in [0.1, 0.15) is 5.60 Å². The van der Waals surface area contributed by atoms with Crippen LogP contribution < -0.4 is 5.73 Å². The minimum atomic E-state index is -0.419. The number of amides is 1. The second kappa shape index (κ2) is 4.39. The van der Waals surface area contributed by atoms with E-state index in [2.05, 4.69) is 0 Å². The van der Waals surface area contributed by atoms with Crippen LogP contribution in [0.5, 0.6) is 0 Å². The van der Waals surface area contributed by atoms with Gasteiger partial charge in [0.25, 0.3) is 0 Å². The highest BCUT2D eigenvalue weighted by Crippen LogP contribution is 2.24. The third-order valence-corrected chi connectivity index (χ3v) is 2.85. The normalized spacial score (nSPS) is 26.9. The Labute approximate surface area is 91.8 Å². The predicted molar refractivity (Wildman–Crippen MR) is 59.6 cm³/mol. The fourth-order valence-electron chi connectivity index (χ4n) is 1.90. The van der Waals surface area contributed by atoms with Crippen molar-refractivity contribution >= 4 is 6.09 Å². The molecule has 1 fully saturated rings. The Kier molecular flexibility index (Phi) is 3.60. The van der Waals surface area contributed by atoms with Gasteiger partial charge < -0.3 is 15.4 Å². The lowest BCUT2D eigenvalue weighted by atomic mass is 10.0. The summed E-state index contributed by atoms with van der Waals surface area (Å²) in [4.78, 5) is 13.6. The number of likely N-dealkylation sites (tertiary alicyclic amines) is 1. The largest absolute Gasteiger partial charge is 0.444 e. The van der Waals surface area contributed by atoms with Crippen LogP contribution in [0.15, 0.2) is 0 Å². The summed E-state index contributed by atoms with van der Waals surface area (Å²) in [7, 11) is 0. The lowest BCUT2D eigenvalue weighted by molar-refractivity contribution is 0.0224. The Morgan fingerprint density at radius 1 is 1.53 bits per heavy atom. The van der Waals surface area contributed by atoms with Crippen LogP contribution in [0.4, 0.5) is 4.79 Å². The van der Waals surface area contributed by atoms with Crippen LogP contribution in [0.25, 0.3) is 0 Å². The van der Waals surface area contributed by atoms with E-state index in [0.717, 1.165) is 13.0 Å². The Balaban J connectivity index is 2.55. The SMILES string of the molecule is CC1[C@H](CN)CCN1C(=O)OC(C)(C)C. The second-order valence-electron chi connectivity index (χ2n) is 5.20. The van der Waals surface area contributed by atoms with Crippen molar-refractivity contribution in [1.82, 2.24) is 4.90 Å². The minimum Gasteiger partial charge on any atom is -0.444 e. The molecule has 1 heterocycles. The third kappa shape index (κ3) is 3.09. The zero-order chi connectivity index (χ0) is 11.6. The van der Waals surface area contributed by atoms with Crippen LogP contribution in [0.3, 0.4) is 0 Å². The Bertz CT molecular complexity index is 235. The molecule has 0 saturated carbocycles. The topological polar surface area (TPSA) is 55.6 Å². The molecule has 2 atom stereocenters. The summed E-state index contributed by atoms with van der Waals surface area (Å²) >= 11 is 0.